The third-order valence-corrected chi connectivity index (χ3v) is 11.8. The molecule has 44 heavy (non-hydrogen) atoms. The van der Waals surface area contributed by atoms with Crippen LogP contribution in [0.1, 0.15) is 20.3 Å². The monoisotopic (exact) mass is 733 g/mol. The molecule has 0 aromatic carbocycles. The van der Waals surface area contributed by atoms with Crippen LogP contribution >= 0.6 is 91.5 Å². The van der Waals surface area contributed by atoms with Gasteiger partial charge in [-0.15, -0.1) is 56.7 Å². The Morgan fingerprint density at radius 1 is 0.659 bits per heavy atom. The molecule has 4 nitrogen and oxygen atoms in total. The van der Waals surface area contributed by atoms with Gasteiger partial charge in [-0.25, -0.2) is 4.98 Å². The fourth-order valence-corrected chi connectivity index (χ4v) is 9.04. The number of rotatable bonds is 2. The van der Waals surface area contributed by atoms with Crippen LogP contribution in [0.3, 0.4) is 0 Å². The molecule has 226 valence electrons. The lowest BCUT2D eigenvalue weighted by Gasteiger charge is -1.89. The van der Waals surface area contributed by atoms with Crippen LogP contribution in [-0.4, -0.2) is 15.1 Å². The van der Waals surface area contributed by atoms with E-state index in [0.717, 1.165) is 45.6 Å². The molecule has 8 aromatic heterocycles. The molecule has 0 fully saturated rings. The summed E-state index contributed by atoms with van der Waals surface area (Å²) in [6.07, 6.45) is 3.41. The van der Waals surface area contributed by atoms with E-state index in [1.807, 2.05) is 43.5 Å². The van der Waals surface area contributed by atoms with Crippen molar-refractivity contribution in [2.24, 2.45) is 0 Å². The predicted molar refractivity (Wildman–Crippen MR) is 197 cm³/mol. The van der Waals surface area contributed by atoms with Crippen LogP contribution in [0.4, 0.5) is 0 Å². The highest BCUT2D eigenvalue weighted by molar-refractivity contribution is 7.24. The Hall–Kier alpha value is -2.47. The van der Waals surface area contributed by atoms with Gasteiger partial charge in [-0.1, -0.05) is 46.0 Å². The lowest BCUT2D eigenvalue weighted by Crippen LogP contribution is -1.75. The van der Waals surface area contributed by atoms with Crippen LogP contribution in [0.5, 0.6) is 0 Å². The SMILES string of the molecule is Cc1cc2c(Cl)c[nH]c2s1.Cc1ccc(-c2ccc(Cl)s2)s1.Cc1ccc(-c2ccon2)s1.Cc1ccc2cc(Cl)sc2n1. The smallest absolute Gasteiger partial charge is 0.124 e. The highest BCUT2D eigenvalue weighted by Gasteiger charge is 2.04. The Kier molecular flexibility index (Phi) is 11.4. The highest BCUT2D eigenvalue weighted by Crippen LogP contribution is 2.35. The summed E-state index contributed by atoms with van der Waals surface area (Å²) in [4.78, 5) is 17.3. The topological polar surface area (TPSA) is 54.7 Å². The van der Waals surface area contributed by atoms with Gasteiger partial charge >= 0.3 is 0 Å². The Morgan fingerprint density at radius 3 is 1.98 bits per heavy atom. The van der Waals surface area contributed by atoms with E-state index >= 15 is 0 Å². The maximum Gasteiger partial charge on any atom is 0.124 e. The molecular weight excluding hydrogens is 709 g/mol. The third kappa shape index (κ3) is 8.83. The number of nitrogens with one attached hydrogen (secondary N) is 1. The standard InChI is InChI=1S/C9H7ClS2.C8H6ClNS.C8H7NOS.C7H6ClNS/c1-6-2-3-7(11-6)8-4-5-9(10)12-8;1-5-2-3-6-4-7(9)11-8(6)10-5;1-6-2-3-8(11-6)7-4-5-10-9-7;1-4-2-5-6(8)3-9-7(5)10-4/h2-5H,1H3;2-4H,1H3;2-5H,1H3;2-3,9H,1H3. The molecular formula is C32H26Cl3N3OS5. The van der Waals surface area contributed by atoms with Crippen LogP contribution in [0.25, 0.3) is 40.8 Å². The molecule has 0 saturated carbocycles. The highest BCUT2D eigenvalue weighted by atomic mass is 35.5. The van der Waals surface area contributed by atoms with Crippen molar-refractivity contribution >= 4 is 112 Å². The van der Waals surface area contributed by atoms with Crippen molar-refractivity contribution in [1.82, 2.24) is 15.1 Å². The van der Waals surface area contributed by atoms with E-state index in [9.17, 15) is 0 Å². The molecule has 0 aliphatic carbocycles. The first kappa shape index (κ1) is 32.9. The zero-order valence-electron chi connectivity index (χ0n) is 24.0. The molecule has 0 unspecified atom stereocenters. The minimum Gasteiger partial charge on any atom is -0.364 e. The van der Waals surface area contributed by atoms with Crippen molar-refractivity contribution in [2.45, 2.75) is 27.7 Å². The molecule has 8 rings (SSSR count). The molecule has 8 heterocycles. The van der Waals surface area contributed by atoms with Crippen molar-refractivity contribution < 1.29 is 4.52 Å². The molecule has 0 saturated heterocycles. The van der Waals surface area contributed by atoms with E-state index in [0.29, 0.717) is 0 Å². The van der Waals surface area contributed by atoms with Gasteiger partial charge in [0.1, 0.15) is 21.6 Å². The average Bonchev–Trinajstić information content (AvgIpc) is 3.81. The number of pyridine rings is 1. The van der Waals surface area contributed by atoms with E-state index < -0.39 is 0 Å². The van der Waals surface area contributed by atoms with Gasteiger partial charge in [0.2, 0.25) is 0 Å². The number of nitrogens with zero attached hydrogens (tertiary/aromatic N) is 2. The van der Waals surface area contributed by atoms with Crippen molar-refractivity contribution in [1.29, 1.82) is 0 Å². The van der Waals surface area contributed by atoms with Crippen LogP contribution in [-0.2, 0) is 0 Å². The van der Waals surface area contributed by atoms with E-state index in [1.165, 1.54) is 40.6 Å². The van der Waals surface area contributed by atoms with Crippen LogP contribution in [0.2, 0.25) is 13.7 Å². The van der Waals surface area contributed by atoms with E-state index in [-0.39, 0.29) is 0 Å². The van der Waals surface area contributed by atoms with Gasteiger partial charge in [0, 0.05) is 53.1 Å². The lowest BCUT2D eigenvalue weighted by molar-refractivity contribution is 0.422. The molecule has 0 radical (unpaired) electrons. The number of hydrogen-bond donors (Lipinski definition) is 1. The number of aryl methyl sites for hydroxylation is 4. The van der Waals surface area contributed by atoms with Crippen LogP contribution < -0.4 is 0 Å². The summed E-state index contributed by atoms with van der Waals surface area (Å²) in [5.41, 5.74) is 1.96. The molecule has 0 atom stereocenters. The maximum atomic E-state index is 5.86. The normalized spacial score (nSPS) is 10.6. The number of halogens is 3. The first-order chi connectivity index (χ1) is 21.1. The zero-order valence-corrected chi connectivity index (χ0v) is 30.3. The second-order valence-corrected chi connectivity index (χ2v) is 17.1. The summed E-state index contributed by atoms with van der Waals surface area (Å²) in [5, 5.41) is 6.93. The average molecular weight is 735 g/mol. The van der Waals surface area contributed by atoms with Gasteiger partial charge in [-0.05, 0) is 82.3 Å². The molecule has 0 aliphatic rings. The zero-order chi connectivity index (χ0) is 31.2. The number of thiophene rings is 5. The van der Waals surface area contributed by atoms with Crippen molar-refractivity contribution in [2.75, 3.05) is 0 Å². The fourth-order valence-electron chi connectivity index (χ4n) is 3.91. The second kappa shape index (κ2) is 15.2. The molecule has 0 aliphatic heterocycles. The first-order valence-corrected chi connectivity index (χ1v) is 18.4. The summed E-state index contributed by atoms with van der Waals surface area (Å²) in [5.74, 6) is 0. The van der Waals surface area contributed by atoms with E-state index in [4.69, 9.17) is 39.3 Å². The summed E-state index contributed by atoms with van der Waals surface area (Å²) >= 11 is 25.9. The van der Waals surface area contributed by atoms with Crippen LogP contribution in [0, 0.1) is 27.7 Å². The molecule has 1 N–H and O–H groups in total. The largest absolute Gasteiger partial charge is 0.364 e. The molecule has 0 amide bonds. The Morgan fingerprint density at radius 2 is 1.36 bits per heavy atom. The maximum absolute atomic E-state index is 5.86. The quantitative estimate of drug-likeness (QED) is 0.192. The second-order valence-electron chi connectivity index (χ2n) is 9.44. The minimum absolute atomic E-state index is 0.804. The van der Waals surface area contributed by atoms with Crippen molar-refractivity contribution in [3.8, 4) is 20.3 Å². The summed E-state index contributed by atoms with van der Waals surface area (Å²) in [6, 6.07) is 22.3. The van der Waals surface area contributed by atoms with Gasteiger partial charge in [-0.2, -0.15) is 0 Å². The van der Waals surface area contributed by atoms with Crippen LogP contribution in [0.15, 0.2) is 83.7 Å². The van der Waals surface area contributed by atoms with E-state index in [2.05, 4.69) is 72.3 Å². The van der Waals surface area contributed by atoms with Crippen molar-refractivity contribution in [3.05, 3.63) is 113 Å². The third-order valence-electron chi connectivity index (χ3n) is 5.92. The number of fused-ring (bicyclic) bond motifs is 2. The predicted octanol–water partition coefficient (Wildman–Crippen LogP) is 13.6. The Labute approximate surface area is 290 Å². The molecule has 0 spiro atoms. The minimum atomic E-state index is 0.804. The van der Waals surface area contributed by atoms with Gasteiger partial charge in [0.05, 0.1) is 18.6 Å². The fraction of sp³-hybridized carbons (Fsp3) is 0.125. The number of aromatic nitrogens is 3. The van der Waals surface area contributed by atoms with E-state index in [1.54, 1.807) is 51.6 Å². The Bertz CT molecular complexity index is 2040. The van der Waals surface area contributed by atoms with Gasteiger partial charge in [-0.3, -0.25) is 0 Å². The summed E-state index contributed by atoms with van der Waals surface area (Å²) < 4.78 is 6.40. The van der Waals surface area contributed by atoms with Gasteiger partial charge < -0.3 is 9.51 Å². The molecule has 0 bridgehead atoms. The summed E-state index contributed by atoms with van der Waals surface area (Å²) in [7, 11) is 0. The molecule has 8 aromatic rings. The molecule has 12 heteroatoms. The van der Waals surface area contributed by atoms with Crippen molar-refractivity contribution in [3.63, 3.8) is 0 Å². The number of aromatic amines is 1. The lowest BCUT2D eigenvalue weighted by atomic mass is 10.3. The first-order valence-electron chi connectivity index (χ1n) is 13.2. The summed E-state index contributed by atoms with van der Waals surface area (Å²) in [6.45, 7) is 8.25. The van der Waals surface area contributed by atoms with Gasteiger partial charge in [0.25, 0.3) is 0 Å². The van der Waals surface area contributed by atoms with Gasteiger partial charge in [0.15, 0.2) is 0 Å². The Balaban J connectivity index is 0.000000117. The number of hydrogen-bond acceptors (Lipinski definition) is 8. The number of H-pyrrole nitrogens is 1.